The highest BCUT2D eigenvalue weighted by Gasteiger charge is 2.59. The van der Waals surface area contributed by atoms with E-state index in [4.69, 9.17) is 0 Å². The number of ketones is 1. The fourth-order valence-corrected chi connectivity index (χ4v) is 7.16. The van der Waals surface area contributed by atoms with E-state index in [-0.39, 0.29) is 30.9 Å². The van der Waals surface area contributed by atoms with E-state index in [1.54, 1.807) is 20.8 Å². The van der Waals surface area contributed by atoms with Crippen LogP contribution in [0, 0.1) is 16.7 Å². The Balaban J connectivity index is 1.69. The highest BCUT2D eigenvalue weighted by atomic mass is 16.3. The molecule has 1 fully saturated rings. The standard InChI is InChI=1S/C27H40O7/c1-24(2,33)10-9-20(30)27(5,34)19-7-6-14-21-15(8-11-25(14,19)3)26(4)13-18(29)17(28)12-16(26)22(31)23(21)32/h6,17-20,28-31,33-34H,7-13H2,1-5H3/t17-,18+,19+,20-,25+,26-,27-/m1/s1. The van der Waals surface area contributed by atoms with Gasteiger partial charge in [0, 0.05) is 23.3 Å². The van der Waals surface area contributed by atoms with Gasteiger partial charge in [-0.05, 0) is 81.4 Å². The number of hydrogen-bond donors (Lipinski definition) is 6. The first-order valence-electron chi connectivity index (χ1n) is 12.4. The van der Waals surface area contributed by atoms with Crippen LogP contribution in [0.5, 0.6) is 0 Å². The molecule has 4 aliphatic rings. The molecule has 6 N–H and O–H groups in total. The number of fused-ring (bicyclic) bond motifs is 4. The maximum atomic E-state index is 13.4. The van der Waals surface area contributed by atoms with Crippen molar-refractivity contribution in [3.8, 4) is 0 Å². The monoisotopic (exact) mass is 476 g/mol. The molecule has 0 spiro atoms. The molecule has 4 aliphatic carbocycles. The number of hydrogen-bond acceptors (Lipinski definition) is 7. The first kappa shape index (κ1) is 25.6. The first-order valence-corrected chi connectivity index (χ1v) is 12.4. The van der Waals surface area contributed by atoms with E-state index in [9.17, 15) is 35.4 Å². The first-order chi connectivity index (χ1) is 15.5. The van der Waals surface area contributed by atoms with Gasteiger partial charge in [-0.1, -0.05) is 19.9 Å². The molecule has 0 aromatic rings. The van der Waals surface area contributed by atoms with Crippen molar-refractivity contribution in [2.45, 2.75) is 109 Å². The van der Waals surface area contributed by atoms with Crippen LogP contribution in [0.15, 0.2) is 34.1 Å². The summed E-state index contributed by atoms with van der Waals surface area (Å²) in [5.74, 6) is -1.13. The van der Waals surface area contributed by atoms with Gasteiger partial charge in [-0.3, -0.25) is 4.79 Å². The minimum absolute atomic E-state index is 0.0626. The summed E-state index contributed by atoms with van der Waals surface area (Å²) in [6.45, 7) is 8.93. The lowest BCUT2D eigenvalue weighted by molar-refractivity contribution is -0.132. The fraction of sp³-hybridized carbons (Fsp3) is 0.741. The number of Topliss-reactive ketones (excluding diaryl/α,β-unsaturated/α-hetero) is 1. The van der Waals surface area contributed by atoms with Gasteiger partial charge in [-0.15, -0.1) is 0 Å². The van der Waals surface area contributed by atoms with Gasteiger partial charge in [0.05, 0.1) is 29.5 Å². The number of carbonyl (C=O) groups is 1. The summed E-state index contributed by atoms with van der Waals surface area (Å²) in [4.78, 5) is 13.4. The van der Waals surface area contributed by atoms with Crippen LogP contribution in [0.25, 0.3) is 0 Å². The van der Waals surface area contributed by atoms with Crippen molar-refractivity contribution in [1.82, 2.24) is 0 Å². The van der Waals surface area contributed by atoms with Crippen molar-refractivity contribution >= 4 is 5.78 Å². The summed E-state index contributed by atoms with van der Waals surface area (Å²) in [5.41, 5.74) is -1.00. The summed E-state index contributed by atoms with van der Waals surface area (Å²) >= 11 is 0. The van der Waals surface area contributed by atoms with Gasteiger partial charge in [-0.25, -0.2) is 0 Å². The molecule has 0 saturated heterocycles. The van der Waals surface area contributed by atoms with Crippen molar-refractivity contribution < 1.29 is 35.4 Å². The van der Waals surface area contributed by atoms with Crippen LogP contribution in [0.1, 0.15) is 79.6 Å². The van der Waals surface area contributed by atoms with Crippen LogP contribution in [0.3, 0.4) is 0 Å². The van der Waals surface area contributed by atoms with Gasteiger partial charge in [0.25, 0.3) is 0 Å². The highest BCUT2D eigenvalue weighted by Crippen LogP contribution is 2.63. The molecule has 0 heterocycles. The van der Waals surface area contributed by atoms with Crippen LogP contribution < -0.4 is 0 Å². The molecule has 0 aromatic carbocycles. The molecule has 4 rings (SSSR count). The lowest BCUT2D eigenvalue weighted by Crippen LogP contribution is -2.53. The average molecular weight is 477 g/mol. The van der Waals surface area contributed by atoms with Crippen LogP contribution in [0.2, 0.25) is 0 Å². The molecule has 0 aliphatic heterocycles. The van der Waals surface area contributed by atoms with E-state index < -0.39 is 46.1 Å². The summed E-state index contributed by atoms with van der Waals surface area (Å²) < 4.78 is 0. The maximum absolute atomic E-state index is 13.4. The second-order valence-corrected chi connectivity index (χ2v) is 12.3. The molecule has 0 bridgehead atoms. The highest BCUT2D eigenvalue weighted by molar-refractivity contribution is 6.12. The Kier molecular flexibility index (Phi) is 6.02. The number of carbonyl (C=O) groups excluding carboxylic acids is 1. The minimum atomic E-state index is -1.44. The van der Waals surface area contributed by atoms with Gasteiger partial charge in [0.1, 0.15) is 0 Å². The van der Waals surface area contributed by atoms with Gasteiger partial charge < -0.3 is 30.6 Å². The lowest BCUT2D eigenvalue weighted by atomic mass is 9.53. The molecule has 0 aromatic heterocycles. The molecule has 7 heteroatoms. The van der Waals surface area contributed by atoms with E-state index in [0.29, 0.717) is 36.8 Å². The Morgan fingerprint density at radius 3 is 2.38 bits per heavy atom. The third-order valence-electron chi connectivity index (χ3n) is 9.35. The Morgan fingerprint density at radius 2 is 1.76 bits per heavy atom. The van der Waals surface area contributed by atoms with Crippen LogP contribution in [0.4, 0.5) is 0 Å². The second kappa shape index (κ2) is 8.00. The minimum Gasteiger partial charge on any atom is -0.504 e. The van der Waals surface area contributed by atoms with E-state index in [1.807, 2.05) is 19.9 Å². The third kappa shape index (κ3) is 3.71. The smallest absolute Gasteiger partial charge is 0.227 e. The Morgan fingerprint density at radius 1 is 1.12 bits per heavy atom. The van der Waals surface area contributed by atoms with E-state index in [2.05, 4.69) is 0 Å². The number of rotatable bonds is 5. The lowest BCUT2D eigenvalue weighted by Gasteiger charge is -2.52. The molecular weight excluding hydrogens is 436 g/mol. The van der Waals surface area contributed by atoms with Crippen LogP contribution in [-0.4, -0.2) is 65.9 Å². The van der Waals surface area contributed by atoms with Crippen molar-refractivity contribution in [3.05, 3.63) is 34.1 Å². The van der Waals surface area contributed by atoms with Crippen molar-refractivity contribution in [3.63, 3.8) is 0 Å². The third-order valence-corrected chi connectivity index (χ3v) is 9.35. The predicted molar refractivity (Wildman–Crippen MR) is 127 cm³/mol. The van der Waals surface area contributed by atoms with Crippen molar-refractivity contribution in [2.24, 2.45) is 16.7 Å². The molecule has 34 heavy (non-hydrogen) atoms. The molecular formula is C27H40O7. The zero-order valence-electron chi connectivity index (χ0n) is 20.9. The molecule has 1 saturated carbocycles. The van der Waals surface area contributed by atoms with Gasteiger partial charge in [0.2, 0.25) is 5.78 Å². The molecule has 0 radical (unpaired) electrons. The van der Waals surface area contributed by atoms with Crippen LogP contribution in [-0.2, 0) is 4.79 Å². The summed E-state index contributed by atoms with van der Waals surface area (Å²) in [6, 6.07) is 0. The normalized spacial score (nSPS) is 38.7. The molecule has 0 unspecified atom stereocenters. The predicted octanol–water partition coefficient (Wildman–Crippen LogP) is 2.61. The van der Waals surface area contributed by atoms with Crippen molar-refractivity contribution in [1.29, 1.82) is 0 Å². The quantitative estimate of drug-likeness (QED) is 0.359. The van der Waals surface area contributed by atoms with Crippen molar-refractivity contribution in [2.75, 3.05) is 0 Å². The van der Waals surface area contributed by atoms with Crippen LogP contribution >= 0.6 is 0 Å². The summed E-state index contributed by atoms with van der Waals surface area (Å²) in [6.07, 6.45) is 1.57. The number of aliphatic hydroxyl groups is 6. The van der Waals surface area contributed by atoms with Gasteiger partial charge in [-0.2, -0.15) is 0 Å². The zero-order chi connectivity index (χ0) is 25.4. The second-order valence-electron chi connectivity index (χ2n) is 12.3. The van der Waals surface area contributed by atoms with E-state index in [0.717, 1.165) is 11.1 Å². The summed E-state index contributed by atoms with van der Waals surface area (Å²) in [7, 11) is 0. The largest absolute Gasteiger partial charge is 0.504 e. The van der Waals surface area contributed by atoms with E-state index in [1.165, 1.54) is 0 Å². The topological polar surface area (TPSA) is 138 Å². The van der Waals surface area contributed by atoms with Gasteiger partial charge >= 0.3 is 0 Å². The Labute approximate surface area is 201 Å². The van der Waals surface area contributed by atoms with E-state index >= 15 is 0 Å². The maximum Gasteiger partial charge on any atom is 0.227 e. The summed E-state index contributed by atoms with van der Waals surface area (Å²) in [5, 5.41) is 64.0. The number of allylic oxidation sites excluding steroid dienone is 4. The van der Waals surface area contributed by atoms with Gasteiger partial charge in [0.15, 0.2) is 5.76 Å². The molecule has 7 nitrogen and oxygen atoms in total. The Bertz CT molecular complexity index is 981. The SMILES string of the molecule is CC(C)(O)CC[C@@H](O)[C@](C)(O)[C@H]1CC=C2C3=C(CC[C@@]21C)[C@@]1(C)C[C@H](O)[C@H](O)CC1=C(O)C3=O. The molecule has 0 amide bonds. The Hall–Kier alpha value is -1.51. The number of aliphatic hydroxyl groups excluding tert-OH is 4. The fourth-order valence-electron chi connectivity index (χ4n) is 7.16. The molecule has 7 atom stereocenters. The average Bonchev–Trinajstić information content (AvgIpc) is 3.09. The molecule has 190 valence electrons. The zero-order valence-corrected chi connectivity index (χ0v) is 20.9.